The molecule has 0 unspecified atom stereocenters. The molecule has 3 rings (SSSR count). The Morgan fingerprint density at radius 3 is 3.00 bits per heavy atom. The van der Waals surface area contributed by atoms with Crippen LogP contribution in [-0.2, 0) is 19.7 Å². The first-order valence-electron chi connectivity index (χ1n) is 5.89. The second kappa shape index (κ2) is 3.81. The molecule has 1 saturated heterocycles. The Balaban J connectivity index is 1.97. The Morgan fingerprint density at radius 2 is 2.22 bits per heavy atom. The van der Waals surface area contributed by atoms with Crippen LogP contribution in [0.15, 0.2) is 24.3 Å². The number of hydrogen-bond acceptors (Lipinski definition) is 4. The molecule has 1 amide bonds. The molecule has 18 heavy (non-hydrogen) atoms. The van der Waals surface area contributed by atoms with Crippen molar-refractivity contribution in [2.75, 3.05) is 19.0 Å². The van der Waals surface area contributed by atoms with Crippen molar-refractivity contribution in [3.8, 4) is 0 Å². The van der Waals surface area contributed by atoms with Crippen molar-refractivity contribution in [1.82, 2.24) is 5.32 Å². The first-order chi connectivity index (χ1) is 8.67. The average Bonchev–Trinajstić information content (AvgIpc) is 2.94. The number of carbonyl (C=O) groups excluding carboxylic acids is 2. The molecule has 0 aliphatic carbocycles. The molecule has 2 aliphatic heterocycles. The minimum Gasteiger partial charge on any atom is -0.468 e. The summed E-state index contributed by atoms with van der Waals surface area (Å²) >= 11 is 0. The Hall–Kier alpha value is -1.88. The third-order valence-electron chi connectivity index (χ3n) is 3.81. The van der Waals surface area contributed by atoms with Crippen LogP contribution in [0, 0.1) is 0 Å². The van der Waals surface area contributed by atoms with E-state index in [0.29, 0.717) is 13.0 Å². The lowest BCUT2D eigenvalue weighted by atomic mass is 9.79. The van der Waals surface area contributed by atoms with Crippen molar-refractivity contribution in [3.63, 3.8) is 0 Å². The zero-order valence-corrected chi connectivity index (χ0v) is 10.0. The van der Waals surface area contributed by atoms with E-state index in [1.54, 1.807) is 0 Å². The van der Waals surface area contributed by atoms with Crippen LogP contribution in [0.2, 0.25) is 0 Å². The molecule has 1 spiro atoms. The van der Waals surface area contributed by atoms with E-state index in [2.05, 4.69) is 10.6 Å². The molecular formula is C13H14N2O3. The van der Waals surface area contributed by atoms with Crippen LogP contribution in [0.5, 0.6) is 0 Å². The maximum atomic E-state index is 12.2. The van der Waals surface area contributed by atoms with E-state index in [9.17, 15) is 9.59 Å². The maximum absolute atomic E-state index is 12.2. The maximum Gasteiger partial charge on any atom is 0.322 e. The van der Waals surface area contributed by atoms with E-state index in [0.717, 1.165) is 11.3 Å². The highest BCUT2D eigenvalue weighted by molar-refractivity contribution is 6.07. The molecule has 2 heterocycles. The lowest BCUT2D eigenvalue weighted by molar-refractivity contribution is -0.142. The van der Waals surface area contributed by atoms with Gasteiger partial charge in [-0.1, -0.05) is 18.2 Å². The lowest BCUT2D eigenvalue weighted by Gasteiger charge is -2.19. The van der Waals surface area contributed by atoms with E-state index in [1.807, 2.05) is 24.3 Å². The van der Waals surface area contributed by atoms with Crippen molar-refractivity contribution in [3.05, 3.63) is 29.8 Å². The Labute approximate surface area is 105 Å². The number of methoxy groups -OCH3 is 1. The molecule has 2 N–H and O–H groups in total. The Kier molecular flexibility index (Phi) is 2.38. The standard InChI is InChI=1S/C13H14N2O3/c1-18-11(16)10-6-13(7-14-10)8-4-2-3-5-9(8)15-12(13)17/h2-5,10,14H,6-7H2,1H3,(H,15,17)/t10-,13-/m0/s1. The van der Waals surface area contributed by atoms with Gasteiger partial charge in [-0.05, 0) is 18.1 Å². The van der Waals surface area contributed by atoms with Gasteiger partial charge >= 0.3 is 5.97 Å². The second-order valence-electron chi connectivity index (χ2n) is 4.74. The van der Waals surface area contributed by atoms with Gasteiger partial charge in [0.25, 0.3) is 0 Å². The van der Waals surface area contributed by atoms with Crippen molar-refractivity contribution >= 4 is 17.6 Å². The van der Waals surface area contributed by atoms with Crippen molar-refractivity contribution < 1.29 is 14.3 Å². The number of amides is 1. The first-order valence-corrected chi connectivity index (χ1v) is 5.89. The van der Waals surface area contributed by atoms with E-state index in [4.69, 9.17) is 4.74 Å². The highest BCUT2D eigenvalue weighted by atomic mass is 16.5. The molecule has 2 aliphatic rings. The summed E-state index contributed by atoms with van der Waals surface area (Å²) in [5.41, 5.74) is 1.18. The Bertz CT molecular complexity index is 529. The van der Waals surface area contributed by atoms with Crippen molar-refractivity contribution in [2.45, 2.75) is 17.9 Å². The molecule has 1 fully saturated rings. The molecule has 1 aromatic rings. The average molecular weight is 246 g/mol. The zero-order chi connectivity index (χ0) is 12.8. The first kappa shape index (κ1) is 11.2. The number of benzene rings is 1. The monoisotopic (exact) mass is 246 g/mol. The largest absolute Gasteiger partial charge is 0.468 e. The molecule has 5 heteroatoms. The molecule has 0 aromatic heterocycles. The quantitative estimate of drug-likeness (QED) is 0.704. The lowest BCUT2D eigenvalue weighted by Crippen LogP contribution is -2.36. The number of para-hydroxylation sites is 1. The number of anilines is 1. The summed E-state index contributed by atoms with van der Waals surface area (Å²) in [6.07, 6.45) is 0.447. The Morgan fingerprint density at radius 1 is 1.44 bits per heavy atom. The number of esters is 1. The summed E-state index contributed by atoms with van der Waals surface area (Å²) in [4.78, 5) is 23.8. The van der Waals surface area contributed by atoms with Gasteiger partial charge in [0.15, 0.2) is 0 Å². The van der Waals surface area contributed by atoms with Gasteiger partial charge in [-0.2, -0.15) is 0 Å². The van der Waals surface area contributed by atoms with Crippen LogP contribution in [0.4, 0.5) is 5.69 Å². The number of hydrogen-bond donors (Lipinski definition) is 2. The predicted octanol–water partition coefficient (Wildman–Crippen LogP) is 0.411. The van der Waals surface area contributed by atoms with Crippen LogP contribution < -0.4 is 10.6 Å². The van der Waals surface area contributed by atoms with Gasteiger partial charge in [-0.15, -0.1) is 0 Å². The molecular weight excluding hydrogens is 232 g/mol. The van der Waals surface area contributed by atoms with Gasteiger partial charge in [-0.3, -0.25) is 9.59 Å². The van der Waals surface area contributed by atoms with E-state index in [1.165, 1.54) is 7.11 Å². The summed E-state index contributed by atoms with van der Waals surface area (Å²) in [6.45, 7) is 0.468. The molecule has 94 valence electrons. The minimum absolute atomic E-state index is 0.0393. The van der Waals surface area contributed by atoms with E-state index >= 15 is 0 Å². The van der Waals surface area contributed by atoms with Crippen molar-refractivity contribution in [2.24, 2.45) is 0 Å². The van der Waals surface area contributed by atoms with Crippen LogP contribution in [-0.4, -0.2) is 31.6 Å². The highest BCUT2D eigenvalue weighted by Gasteiger charge is 2.53. The molecule has 0 bridgehead atoms. The highest BCUT2D eigenvalue weighted by Crippen LogP contribution is 2.43. The summed E-state index contributed by atoms with van der Waals surface area (Å²) in [5, 5.41) is 5.95. The third kappa shape index (κ3) is 1.37. The van der Waals surface area contributed by atoms with Gasteiger partial charge in [0.2, 0.25) is 5.91 Å². The normalized spacial score (nSPS) is 29.2. The van der Waals surface area contributed by atoms with Crippen molar-refractivity contribution in [1.29, 1.82) is 0 Å². The molecule has 5 nitrogen and oxygen atoms in total. The van der Waals surface area contributed by atoms with Gasteiger partial charge in [-0.25, -0.2) is 0 Å². The SMILES string of the molecule is COC(=O)[C@@H]1C[C@@]2(CN1)C(=O)Nc1ccccc12. The van der Waals surface area contributed by atoms with E-state index in [-0.39, 0.29) is 11.9 Å². The molecule has 0 radical (unpaired) electrons. The molecule has 2 atom stereocenters. The fourth-order valence-electron chi connectivity index (χ4n) is 2.85. The van der Waals surface area contributed by atoms with Gasteiger partial charge < -0.3 is 15.4 Å². The summed E-state index contributed by atoms with van der Waals surface area (Å²) in [5.74, 6) is -0.355. The number of ether oxygens (including phenoxy) is 1. The fourth-order valence-corrected chi connectivity index (χ4v) is 2.85. The van der Waals surface area contributed by atoms with Gasteiger partial charge in [0.05, 0.1) is 12.5 Å². The van der Waals surface area contributed by atoms with Crippen LogP contribution in [0.25, 0.3) is 0 Å². The third-order valence-corrected chi connectivity index (χ3v) is 3.81. The number of carbonyl (C=O) groups is 2. The minimum atomic E-state index is -0.630. The summed E-state index contributed by atoms with van der Waals surface area (Å²) in [7, 11) is 1.36. The second-order valence-corrected chi connectivity index (χ2v) is 4.74. The van der Waals surface area contributed by atoms with Gasteiger partial charge in [0.1, 0.15) is 6.04 Å². The number of fused-ring (bicyclic) bond motifs is 2. The van der Waals surface area contributed by atoms with Crippen LogP contribution in [0.3, 0.4) is 0 Å². The predicted molar refractivity (Wildman–Crippen MR) is 65.2 cm³/mol. The smallest absolute Gasteiger partial charge is 0.322 e. The number of nitrogens with one attached hydrogen (secondary N) is 2. The summed E-state index contributed by atoms with van der Waals surface area (Å²) < 4.78 is 4.73. The molecule has 1 aromatic carbocycles. The topological polar surface area (TPSA) is 67.4 Å². The fraction of sp³-hybridized carbons (Fsp3) is 0.385. The zero-order valence-electron chi connectivity index (χ0n) is 10.0. The van der Waals surface area contributed by atoms with Crippen LogP contribution >= 0.6 is 0 Å². The summed E-state index contributed by atoms with van der Waals surface area (Å²) in [6, 6.07) is 7.21. The van der Waals surface area contributed by atoms with Crippen LogP contribution in [0.1, 0.15) is 12.0 Å². The number of rotatable bonds is 1. The van der Waals surface area contributed by atoms with Gasteiger partial charge in [0, 0.05) is 12.2 Å². The molecule has 0 saturated carbocycles. The van der Waals surface area contributed by atoms with E-state index < -0.39 is 11.5 Å².